The molecule has 5 nitrogen and oxygen atoms in total. The van der Waals surface area contributed by atoms with Gasteiger partial charge in [0.25, 0.3) is 5.91 Å². The Labute approximate surface area is 110 Å². The summed E-state index contributed by atoms with van der Waals surface area (Å²) in [6.45, 7) is 0. The Morgan fingerprint density at radius 2 is 2.00 bits per heavy atom. The minimum Gasteiger partial charge on any atom is -0.353 e. The van der Waals surface area contributed by atoms with Gasteiger partial charge in [-0.05, 0) is 18.2 Å². The van der Waals surface area contributed by atoms with Crippen molar-refractivity contribution in [3.8, 4) is 0 Å². The number of hydrogen-bond donors (Lipinski definition) is 1. The third-order valence-corrected chi connectivity index (χ3v) is 3.03. The molecule has 1 N–H and O–H groups in total. The number of para-hydroxylation sites is 2. The van der Waals surface area contributed by atoms with E-state index in [0.717, 1.165) is 22.6 Å². The summed E-state index contributed by atoms with van der Waals surface area (Å²) >= 11 is 0. The molecule has 0 spiro atoms. The molecule has 5 heteroatoms. The number of nitrogens with one attached hydrogen (secondary N) is 1. The van der Waals surface area contributed by atoms with E-state index in [4.69, 9.17) is 0 Å². The third kappa shape index (κ3) is 2.06. The molecular weight excluding hydrogens is 240 g/mol. The van der Waals surface area contributed by atoms with E-state index >= 15 is 0 Å². The maximum atomic E-state index is 12.1. The molecule has 0 saturated carbocycles. The molecule has 1 aromatic heterocycles. The average Bonchev–Trinajstić information content (AvgIpc) is 2.58. The molecule has 0 atom stereocenters. The van der Waals surface area contributed by atoms with Gasteiger partial charge >= 0.3 is 0 Å². The van der Waals surface area contributed by atoms with Crippen molar-refractivity contribution in [1.29, 1.82) is 0 Å². The number of amides is 1. The van der Waals surface area contributed by atoms with Gasteiger partial charge in [-0.1, -0.05) is 12.1 Å². The number of nitrogens with zero attached hydrogens (tertiary/aromatic N) is 3. The van der Waals surface area contributed by atoms with Gasteiger partial charge in [0.1, 0.15) is 0 Å². The lowest BCUT2D eigenvalue weighted by Crippen LogP contribution is -2.23. The molecule has 1 amide bonds. The van der Waals surface area contributed by atoms with Crippen LogP contribution in [0.25, 0.3) is 5.70 Å². The monoisotopic (exact) mass is 252 g/mol. The molecule has 1 aliphatic heterocycles. The summed E-state index contributed by atoms with van der Waals surface area (Å²) in [6.07, 6.45) is 4.79. The van der Waals surface area contributed by atoms with Crippen LogP contribution in [-0.2, 0) is 4.79 Å². The maximum Gasteiger partial charge on any atom is 0.252 e. The molecule has 0 fully saturated rings. The molecule has 0 aliphatic carbocycles. The molecule has 3 rings (SSSR count). The first kappa shape index (κ1) is 11.4. The largest absolute Gasteiger partial charge is 0.353 e. The number of benzene rings is 1. The Hall–Kier alpha value is -2.69. The van der Waals surface area contributed by atoms with Crippen LogP contribution >= 0.6 is 0 Å². The number of hydrogen-bond acceptors (Lipinski definition) is 4. The van der Waals surface area contributed by atoms with Crippen LogP contribution in [0.1, 0.15) is 5.56 Å². The molecule has 0 radical (unpaired) electrons. The first-order valence-corrected chi connectivity index (χ1v) is 5.88. The van der Waals surface area contributed by atoms with Gasteiger partial charge in [0.2, 0.25) is 0 Å². The molecule has 2 heterocycles. The van der Waals surface area contributed by atoms with Crippen LogP contribution < -0.4 is 10.2 Å². The maximum absolute atomic E-state index is 12.1. The summed E-state index contributed by atoms with van der Waals surface area (Å²) in [6, 6.07) is 9.49. The van der Waals surface area contributed by atoms with Crippen LogP contribution in [0.5, 0.6) is 0 Å². The van der Waals surface area contributed by atoms with Crippen LogP contribution in [0.15, 0.2) is 48.8 Å². The van der Waals surface area contributed by atoms with Crippen LogP contribution in [0.3, 0.4) is 0 Å². The van der Waals surface area contributed by atoms with Crippen molar-refractivity contribution in [1.82, 2.24) is 10.2 Å². The quantitative estimate of drug-likeness (QED) is 0.842. The second-order valence-corrected chi connectivity index (χ2v) is 4.23. The van der Waals surface area contributed by atoms with E-state index in [-0.39, 0.29) is 5.91 Å². The summed E-state index contributed by atoms with van der Waals surface area (Å²) < 4.78 is 0. The van der Waals surface area contributed by atoms with Gasteiger partial charge in [0.05, 0.1) is 29.5 Å². The third-order valence-electron chi connectivity index (χ3n) is 3.03. The Kier molecular flexibility index (Phi) is 2.72. The fourth-order valence-corrected chi connectivity index (χ4v) is 2.00. The lowest BCUT2D eigenvalue weighted by molar-refractivity contribution is -0.113. The topological polar surface area (TPSA) is 58.1 Å². The van der Waals surface area contributed by atoms with Crippen molar-refractivity contribution < 1.29 is 4.79 Å². The zero-order valence-corrected chi connectivity index (χ0v) is 10.4. The van der Waals surface area contributed by atoms with Gasteiger partial charge in [0.15, 0.2) is 0 Å². The highest BCUT2D eigenvalue weighted by atomic mass is 16.2. The standard InChI is InChI=1S/C14H12N4O/c1-18-13-5-3-2-4-11(13)17-12(8-14(18)19)10-6-7-15-16-9-10/h2-9,17H,1H3. The Morgan fingerprint density at radius 3 is 2.79 bits per heavy atom. The van der Waals surface area contributed by atoms with Crippen molar-refractivity contribution in [2.75, 3.05) is 17.3 Å². The minimum atomic E-state index is -0.0794. The molecule has 0 unspecified atom stereocenters. The van der Waals surface area contributed by atoms with Crippen molar-refractivity contribution in [2.45, 2.75) is 0 Å². The minimum absolute atomic E-state index is 0.0794. The van der Waals surface area contributed by atoms with Gasteiger partial charge in [-0.15, -0.1) is 0 Å². The second kappa shape index (κ2) is 4.53. The molecule has 0 bridgehead atoms. The number of fused-ring (bicyclic) bond motifs is 1. The van der Waals surface area contributed by atoms with E-state index < -0.39 is 0 Å². The molecule has 19 heavy (non-hydrogen) atoms. The van der Waals surface area contributed by atoms with E-state index in [9.17, 15) is 4.79 Å². The average molecular weight is 252 g/mol. The number of rotatable bonds is 1. The zero-order chi connectivity index (χ0) is 13.2. The van der Waals surface area contributed by atoms with Crippen LogP contribution in [0.4, 0.5) is 11.4 Å². The van der Waals surface area contributed by atoms with E-state index in [2.05, 4.69) is 15.5 Å². The Morgan fingerprint density at radius 1 is 1.16 bits per heavy atom. The van der Waals surface area contributed by atoms with Crippen LogP contribution in [-0.4, -0.2) is 23.2 Å². The number of anilines is 2. The van der Waals surface area contributed by atoms with Gasteiger partial charge in [-0.25, -0.2) is 0 Å². The van der Waals surface area contributed by atoms with E-state index in [0.29, 0.717) is 0 Å². The molecule has 1 aromatic carbocycles. The SMILES string of the molecule is CN1C(=O)C=C(c2ccnnc2)Nc2ccccc21. The number of carbonyl (C=O) groups is 1. The fraction of sp³-hybridized carbons (Fsp3) is 0.0714. The summed E-state index contributed by atoms with van der Waals surface area (Å²) in [4.78, 5) is 13.7. The first-order valence-electron chi connectivity index (χ1n) is 5.88. The highest BCUT2D eigenvalue weighted by Crippen LogP contribution is 2.31. The Bertz CT molecular complexity index is 652. The van der Waals surface area contributed by atoms with Crippen molar-refractivity contribution in [2.24, 2.45) is 0 Å². The fourth-order valence-electron chi connectivity index (χ4n) is 2.00. The smallest absolute Gasteiger partial charge is 0.252 e. The first-order chi connectivity index (χ1) is 9.25. The highest BCUT2D eigenvalue weighted by Gasteiger charge is 2.19. The number of carbonyl (C=O) groups excluding carboxylic acids is 1. The van der Waals surface area contributed by atoms with Crippen molar-refractivity contribution in [3.05, 3.63) is 54.4 Å². The van der Waals surface area contributed by atoms with Crippen LogP contribution in [0, 0.1) is 0 Å². The predicted octanol–water partition coefficient (Wildman–Crippen LogP) is 1.91. The zero-order valence-electron chi connectivity index (χ0n) is 10.4. The Balaban J connectivity index is 2.10. The second-order valence-electron chi connectivity index (χ2n) is 4.23. The molecule has 1 aliphatic rings. The van der Waals surface area contributed by atoms with Gasteiger partial charge in [-0.2, -0.15) is 10.2 Å². The highest BCUT2D eigenvalue weighted by molar-refractivity contribution is 6.10. The lowest BCUT2D eigenvalue weighted by atomic mass is 10.2. The normalized spacial score (nSPS) is 14.3. The lowest BCUT2D eigenvalue weighted by Gasteiger charge is -2.16. The summed E-state index contributed by atoms with van der Waals surface area (Å²) in [5.74, 6) is -0.0794. The van der Waals surface area contributed by atoms with E-state index in [1.54, 1.807) is 30.4 Å². The number of aromatic nitrogens is 2. The van der Waals surface area contributed by atoms with Crippen molar-refractivity contribution >= 4 is 23.0 Å². The van der Waals surface area contributed by atoms with E-state index in [1.165, 1.54) is 0 Å². The predicted molar refractivity (Wildman–Crippen MR) is 73.5 cm³/mol. The van der Waals surface area contributed by atoms with Crippen molar-refractivity contribution in [3.63, 3.8) is 0 Å². The van der Waals surface area contributed by atoms with Gasteiger partial charge < -0.3 is 10.2 Å². The summed E-state index contributed by atoms with van der Waals surface area (Å²) in [7, 11) is 1.76. The molecule has 94 valence electrons. The molecular formula is C14H12N4O. The number of likely N-dealkylation sites (N-methyl/N-ethyl adjacent to an activating group) is 1. The molecule has 0 saturated heterocycles. The summed E-state index contributed by atoms with van der Waals surface area (Å²) in [5.41, 5.74) is 3.28. The van der Waals surface area contributed by atoms with E-state index in [1.807, 2.05) is 30.3 Å². The summed E-state index contributed by atoms with van der Waals surface area (Å²) in [5, 5.41) is 10.8. The van der Waals surface area contributed by atoms with Gasteiger partial charge in [0, 0.05) is 18.7 Å². The molecule has 2 aromatic rings. The van der Waals surface area contributed by atoms with Crippen LogP contribution in [0.2, 0.25) is 0 Å². The van der Waals surface area contributed by atoms with Gasteiger partial charge in [-0.3, -0.25) is 4.79 Å².